The molecule has 3 heterocycles. The summed E-state index contributed by atoms with van der Waals surface area (Å²) >= 11 is 0. The molecule has 1 aliphatic carbocycles. The molecule has 0 bridgehead atoms. The van der Waals surface area contributed by atoms with Crippen molar-refractivity contribution >= 4 is 29.3 Å². The van der Waals surface area contributed by atoms with Gasteiger partial charge in [0.05, 0.1) is 24.3 Å². The van der Waals surface area contributed by atoms with Crippen molar-refractivity contribution in [3.63, 3.8) is 0 Å². The molecule has 2 aromatic rings. The molecular weight excluding hydrogens is 549 g/mol. The second-order valence-corrected chi connectivity index (χ2v) is 10.9. The van der Waals surface area contributed by atoms with E-state index in [1.165, 1.54) is 35.3 Å². The molecule has 1 aromatic carbocycles. The molecule has 0 spiro atoms. The summed E-state index contributed by atoms with van der Waals surface area (Å²) < 4.78 is 70.1. The van der Waals surface area contributed by atoms with Gasteiger partial charge < -0.3 is 14.7 Å². The van der Waals surface area contributed by atoms with E-state index in [2.05, 4.69) is 20.3 Å². The van der Waals surface area contributed by atoms with E-state index >= 15 is 0 Å². The van der Waals surface area contributed by atoms with Crippen molar-refractivity contribution in [2.45, 2.75) is 62.7 Å². The van der Waals surface area contributed by atoms with E-state index in [9.17, 15) is 31.5 Å². The van der Waals surface area contributed by atoms with Crippen LogP contribution in [0.2, 0.25) is 0 Å². The van der Waals surface area contributed by atoms with Crippen LogP contribution in [0.3, 0.4) is 0 Å². The highest BCUT2D eigenvalue weighted by atomic mass is 19.4. The molecule has 0 unspecified atom stereocenters. The van der Waals surface area contributed by atoms with Crippen molar-refractivity contribution in [3.05, 3.63) is 41.6 Å². The van der Waals surface area contributed by atoms with Crippen LogP contribution < -0.4 is 15.2 Å². The van der Waals surface area contributed by atoms with Gasteiger partial charge >= 0.3 is 12.1 Å². The highest BCUT2D eigenvalue weighted by molar-refractivity contribution is 6.02. The van der Waals surface area contributed by atoms with Gasteiger partial charge in [0.1, 0.15) is 5.69 Å². The second-order valence-electron chi connectivity index (χ2n) is 10.9. The number of piperidine rings is 1. The van der Waals surface area contributed by atoms with E-state index in [1.807, 2.05) is 7.05 Å². The largest absolute Gasteiger partial charge is 0.416 e. The SMILES string of the molecule is CN1CCC(N(Nc2ncc3c(n2)N(C2CCCC2)CC(F)(F)C(=O)N3C)C(=O)c2cccc(C(F)(F)F)c2)CC1. The number of anilines is 3. The first kappa shape index (κ1) is 29.0. The van der Waals surface area contributed by atoms with Gasteiger partial charge in [0, 0.05) is 18.7 Å². The summed E-state index contributed by atoms with van der Waals surface area (Å²) in [5.41, 5.74) is 1.89. The van der Waals surface area contributed by atoms with E-state index in [0.717, 1.165) is 29.9 Å². The van der Waals surface area contributed by atoms with Crippen LogP contribution in [-0.4, -0.2) is 83.4 Å². The maximum Gasteiger partial charge on any atom is 0.416 e. The van der Waals surface area contributed by atoms with E-state index in [0.29, 0.717) is 38.8 Å². The van der Waals surface area contributed by atoms with Gasteiger partial charge in [-0.3, -0.25) is 15.0 Å². The van der Waals surface area contributed by atoms with Crippen LogP contribution in [0, 0.1) is 0 Å². The Hall–Kier alpha value is -3.55. The fourth-order valence-corrected chi connectivity index (χ4v) is 5.73. The average Bonchev–Trinajstić information content (AvgIpc) is 3.46. The standard InChI is InChI=1S/C27H32F5N7O2/c1-36-12-10-20(11-13-36)39(23(40)17-6-5-7-18(14-17)27(30,31)32)35-25-33-15-21-22(34-25)38(19-8-3-4-9-19)16-26(28,29)24(41)37(21)2/h5-7,14-15,19-20H,3-4,8-13,16H2,1-2H3,(H,33,34,35). The smallest absolute Gasteiger partial charge is 0.345 e. The Morgan fingerprint density at radius 3 is 2.44 bits per heavy atom. The zero-order valence-corrected chi connectivity index (χ0v) is 22.8. The zero-order valence-electron chi connectivity index (χ0n) is 22.8. The van der Waals surface area contributed by atoms with Gasteiger partial charge in [0.2, 0.25) is 5.95 Å². The van der Waals surface area contributed by atoms with Gasteiger partial charge in [0.25, 0.3) is 11.8 Å². The Labute approximate surface area is 234 Å². The number of amides is 2. The summed E-state index contributed by atoms with van der Waals surface area (Å²) in [6, 6.07) is 3.53. The minimum atomic E-state index is -4.63. The number of halogens is 5. The topological polar surface area (TPSA) is 84.9 Å². The number of hydrogen-bond donors (Lipinski definition) is 1. The molecule has 9 nitrogen and oxygen atoms in total. The van der Waals surface area contributed by atoms with E-state index < -0.39 is 42.1 Å². The number of benzene rings is 1. The molecule has 1 saturated carbocycles. The van der Waals surface area contributed by atoms with Gasteiger partial charge in [-0.1, -0.05) is 18.9 Å². The lowest BCUT2D eigenvalue weighted by Crippen LogP contribution is -2.49. The number of likely N-dealkylation sites (tertiary alicyclic amines) is 1. The van der Waals surface area contributed by atoms with E-state index in [4.69, 9.17) is 0 Å². The van der Waals surface area contributed by atoms with Crippen molar-refractivity contribution in [1.29, 1.82) is 0 Å². The zero-order chi connectivity index (χ0) is 29.5. The van der Waals surface area contributed by atoms with Crippen LogP contribution >= 0.6 is 0 Å². The Balaban J connectivity index is 1.52. The predicted octanol–water partition coefficient (Wildman–Crippen LogP) is 4.42. The van der Waals surface area contributed by atoms with Gasteiger partial charge in [-0.15, -0.1) is 0 Å². The summed E-state index contributed by atoms with van der Waals surface area (Å²) in [7, 11) is 3.18. The van der Waals surface area contributed by atoms with Crippen molar-refractivity contribution in [2.75, 3.05) is 49.0 Å². The summed E-state index contributed by atoms with van der Waals surface area (Å²) in [5.74, 6) is -5.66. The lowest BCUT2D eigenvalue weighted by molar-refractivity contribution is -0.140. The lowest BCUT2D eigenvalue weighted by Gasteiger charge is -2.37. The summed E-state index contributed by atoms with van der Waals surface area (Å²) in [6.45, 7) is 0.467. The number of nitrogens with zero attached hydrogens (tertiary/aromatic N) is 6. The minimum Gasteiger partial charge on any atom is -0.345 e. The fourth-order valence-electron chi connectivity index (χ4n) is 5.73. The Morgan fingerprint density at radius 2 is 1.78 bits per heavy atom. The number of rotatable bonds is 5. The first-order valence-corrected chi connectivity index (χ1v) is 13.6. The van der Waals surface area contributed by atoms with Crippen molar-refractivity contribution in [1.82, 2.24) is 19.9 Å². The van der Waals surface area contributed by atoms with Crippen LogP contribution in [0.25, 0.3) is 0 Å². The van der Waals surface area contributed by atoms with Gasteiger partial charge in [-0.2, -0.15) is 26.9 Å². The molecule has 41 heavy (non-hydrogen) atoms. The molecule has 1 aromatic heterocycles. The summed E-state index contributed by atoms with van der Waals surface area (Å²) in [4.78, 5) is 39.4. The summed E-state index contributed by atoms with van der Waals surface area (Å²) in [6.07, 6.45) is 0.749. The molecule has 1 saturated heterocycles. The fraction of sp³-hybridized carbons (Fsp3) is 0.556. The summed E-state index contributed by atoms with van der Waals surface area (Å²) in [5, 5.41) is 1.24. The number of hydrazine groups is 1. The molecule has 3 aliphatic rings. The molecule has 2 aliphatic heterocycles. The number of fused-ring (bicyclic) bond motifs is 1. The Bertz CT molecular complexity index is 1290. The number of alkyl halides is 5. The van der Waals surface area contributed by atoms with Crippen LogP contribution in [0.15, 0.2) is 30.5 Å². The number of carbonyl (C=O) groups is 2. The van der Waals surface area contributed by atoms with E-state index in [1.54, 1.807) is 0 Å². The predicted molar refractivity (Wildman–Crippen MR) is 142 cm³/mol. The average molecular weight is 582 g/mol. The van der Waals surface area contributed by atoms with Gasteiger partial charge in [0.15, 0.2) is 5.82 Å². The van der Waals surface area contributed by atoms with Crippen LogP contribution in [0.4, 0.5) is 39.4 Å². The first-order chi connectivity index (χ1) is 19.3. The van der Waals surface area contributed by atoms with Crippen molar-refractivity contribution in [3.8, 4) is 0 Å². The van der Waals surface area contributed by atoms with Gasteiger partial charge in [-0.25, -0.2) is 9.99 Å². The molecule has 14 heteroatoms. The molecular formula is C27H32F5N7O2. The van der Waals surface area contributed by atoms with Crippen LogP contribution in [0.1, 0.15) is 54.4 Å². The third-order valence-corrected chi connectivity index (χ3v) is 8.06. The number of nitrogens with one attached hydrogen (secondary N) is 1. The Morgan fingerprint density at radius 1 is 1.10 bits per heavy atom. The molecule has 222 valence electrons. The van der Waals surface area contributed by atoms with Crippen molar-refractivity contribution < 1.29 is 31.5 Å². The Kier molecular flexibility index (Phi) is 7.79. The van der Waals surface area contributed by atoms with Crippen LogP contribution in [-0.2, 0) is 11.0 Å². The third-order valence-electron chi connectivity index (χ3n) is 8.06. The number of hydrogen-bond acceptors (Lipinski definition) is 7. The molecule has 0 atom stereocenters. The normalized spacial score (nSPS) is 20.6. The quantitative estimate of drug-likeness (QED) is 0.414. The first-order valence-electron chi connectivity index (χ1n) is 13.6. The highest BCUT2D eigenvalue weighted by Crippen LogP contribution is 2.39. The van der Waals surface area contributed by atoms with E-state index in [-0.39, 0.29) is 29.1 Å². The number of carbonyl (C=O) groups excluding carboxylic acids is 2. The molecule has 5 rings (SSSR count). The van der Waals surface area contributed by atoms with Crippen molar-refractivity contribution in [2.24, 2.45) is 0 Å². The molecule has 2 amide bonds. The lowest BCUT2D eigenvalue weighted by atomic mass is 10.0. The second kappa shape index (κ2) is 11.0. The number of aromatic nitrogens is 2. The highest BCUT2D eigenvalue weighted by Gasteiger charge is 2.49. The monoisotopic (exact) mass is 581 g/mol. The molecule has 2 fully saturated rings. The third kappa shape index (κ3) is 5.92. The maximum absolute atomic E-state index is 14.9. The molecule has 1 N–H and O–H groups in total. The minimum absolute atomic E-state index is 0.0860. The maximum atomic E-state index is 14.9. The molecule has 0 radical (unpaired) electrons. The van der Waals surface area contributed by atoms with Crippen LogP contribution in [0.5, 0.6) is 0 Å². The van der Waals surface area contributed by atoms with Gasteiger partial charge in [-0.05, 0) is 64.0 Å².